The maximum atomic E-state index is 12.1. The fourth-order valence-corrected chi connectivity index (χ4v) is 2.70. The van der Waals surface area contributed by atoms with Crippen molar-refractivity contribution in [3.63, 3.8) is 0 Å². The predicted octanol–water partition coefficient (Wildman–Crippen LogP) is 3.68. The van der Waals surface area contributed by atoms with Gasteiger partial charge in [-0.15, -0.1) is 0 Å². The molecule has 0 bridgehead atoms. The van der Waals surface area contributed by atoms with Crippen molar-refractivity contribution in [2.75, 3.05) is 20.8 Å². The molecule has 3 rings (SSSR count). The van der Waals surface area contributed by atoms with Crippen LogP contribution in [0.2, 0.25) is 0 Å². The first-order valence-electron chi connectivity index (χ1n) is 8.76. The second-order valence-electron chi connectivity index (χ2n) is 6.09. The Bertz CT molecular complexity index is 947. The summed E-state index contributed by atoms with van der Waals surface area (Å²) >= 11 is 0. The first-order valence-corrected chi connectivity index (χ1v) is 8.76. The smallest absolute Gasteiger partial charge is 0.261 e. The number of nitrogens with zero attached hydrogens (tertiary/aromatic N) is 1. The van der Waals surface area contributed by atoms with Gasteiger partial charge in [-0.25, -0.2) is 0 Å². The van der Waals surface area contributed by atoms with Gasteiger partial charge in [0.25, 0.3) is 5.91 Å². The van der Waals surface area contributed by atoms with Crippen LogP contribution in [0, 0.1) is 0 Å². The van der Waals surface area contributed by atoms with Crippen LogP contribution in [0.1, 0.15) is 24.3 Å². The maximum absolute atomic E-state index is 12.1. The van der Waals surface area contributed by atoms with Crippen molar-refractivity contribution in [1.82, 2.24) is 5.32 Å². The van der Waals surface area contributed by atoms with Gasteiger partial charge in [0.2, 0.25) is 0 Å². The second-order valence-corrected chi connectivity index (χ2v) is 6.09. The van der Waals surface area contributed by atoms with E-state index in [0.717, 1.165) is 11.0 Å². The normalized spacial score (nSPS) is 12.1. The molecule has 0 radical (unpaired) electrons. The number of hydrogen-bond donors (Lipinski definition) is 1. The molecule has 7 heteroatoms. The molecule has 0 saturated carbocycles. The molecule has 0 spiro atoms. The summed E-state index contributed by atoms with van der Waals surface area (Å²) in [5, 5.41) is 7.65. The van der Waals surface area contributed by atoms with Crippen molar-refractivity contribution in [3.05, 3.63) is 59.9 Å². The van der Waals surface area contributed by atoms with Gasteiger partial charge in [-0.1, -0.05) is 23.4 Å². The molecule has 1 unspecified atom stereocenters. The van der Waals surface area contributed by atoms with Crippen LogP contribution in [0.25, 0.3) is 11.0 Å². The summed E-state index contributed by atoms with van der Waals surface area (Å²) in [4.78, 5) is 17.2. The molecule has 2 aromatic carbocycles. The van der Waals surface area contributed by atoms with Gasteiger partial charge in [-0.3, -0.25) is 4.79 Å². The highest BCUT2D eigenvalue weighted by atomic mass is 16.6. The number of rotatable bonds is 8. The van der Waals surface area contributed by atoms with E-state index in [9.17, 15) is 4.79 Å². The minimum Gasteiger partial charge on any atom is -0.497 e. The van der Waals surface area contributed by atoms with E-state index in [1.807, 2.05) is 37.3 Å². The predicted molar refractivity (Wildman–Crippen MR) is 106 cm³/mol. The van der Waals surface area contributed by atoms with E-state index in [1.54, 1.807) is 32.4 Å². The van der Waals surface area contributed by atoms with Gasteiger partial charge >= 0.3 is 0 Å². The average molecular weight is 382 g/mol. The van der Waals surface area contributed by atoms with Crippen LogP contribution >= 0.6 is 0 Å². The number of furan rings is 1. The Morgan fingerprint density at radius 1 is 1.18 bits per heavy atom. The van der Waals surface area contributed by atoms with Crippen molar-refractivity contribution in [2.45, 2.75) is 13.0 Å². The fraction of sp³-hybridized carbons (Fsp3) is 0.238. The van der Waals surface area contributed by atoms with E-state index in [2.05, 4.69) is 10.5 Å². The Hall–Kier alpha value is -3.48. The standard InChI is InChI=1S/C21H22N2O5/c1-14(20-11-15-6-4-5-7-19(15)28-20)23-21(24)13-27-22-12-16-10-17(25-2)8-9-18(16)26-3/h4-12,14H,13H2,1-3H3,(H,23,24)/b22-12+. The van der Waals surface area contributed by atoms with Crippen molar-refractivity contribution >= 4 is 23.1 Å². The van der Waals surface area contributed by atoms with Crippen LogP contribution in [0.3, 0.4) is 0 Å². The molecule has 0 aliphatic rings. The van der Waals surface area contributed by atoms with Crippen LogP contribution in [0.5, 0.6) is 11.5 Å². The molecule has 28 heavy (non-hydrogen) atoms. The summed E-state index contributed by atoms with van der Waals surface area (Å²) in [6.07, 6.45) is 1.47. The number of benzene rings is 2. The Morgan fingerprint density at radius 3 is 2.75 bits per heavy atom. The van der Waals surface area contributed by atoms with E-state index in [0.29, 0.717) is 22.8 Å². The molecule has 0 fully saturated rings. The monoisotopic (exact) mass is 382 g/mol. The Labute approximate surface area is 162 Å². The topological polar surface area (TPSA) is 82.3 Å². The number of hydrogen-bond acceptors (Lipinski definition) is 6. The third kappa shape index (κ3) is 4.62. The van der Waals surface area contributed by atoms with Gasteiger partial charge in [0.05, 0.1) is 26.5 Å². The highest BCUT2D eigenvalue weighted by Gasteiger charge is 2.14. The van der Waals surface area contributed by atoms with Crippen LogP contribution in [0.15, 0.2) is 58.1 Å². The summed E-state index contributed by atoms with van der Waals surface area (Å²) < 4.78 is 16.2. The number of ether oxygens (including phenoxy) is 2. The van der Waals surface area contributed by atoms with Crippen LogP contribution in [-0.2, 0) is 9.63 Å². The number of para-hydroxylation sites is 1. The summed E-state index contributed by atoms with van der Waals surface area (Å²) in [6, 6.07) is 14.6. The first-order chi connectivity index (χ1) is 13.6. The van der Waals surface area contributed by atoms with E-state index >= 15 is 0 Å². The number of carbonyl (C=O) groups excluding carboxylic acids is 1. The van der Waals surface area contributed by atoms with Crippen LogP contribution in [0.4, 0.5) is 0 Å². The zero-order valence-corrected chi connectivity index (χ0v) is 16.0. The van der Waals surface area contributed by atoms with E-state index in [4.69, 9.17) is 18.7 Å². The van der Waals surface area contributed by atoms with E-state index < -0.39 is 0 Å². The van der Waals surface area contributed by atoms with Gasteiger partial charge in [0, 0.05) is 10.9 Å². The minimum absolute atomic E-state index is 0.215. The lowest BCUT2D eigenvalue weighted by molar-refractivity contribution is -0.126. The molecule has 0 aliphatic heterocycles. The molecule has 0 saturated heterocycles. The van der Waals surface area contributed by atoms with E-state index in [1.165, 1.54) is 6.21 Å². The van der Waals surface area contributed by atoms with Crippen molar-refractivity contribution in [2.24, 2.45) is 5.16 Å². The van der Waals surface area contributed by atoms with E-state index in [-0.39, 0.29) is 18.6 Å². The minimum atomic E-state index is -0.303. The largest absolute Gasteiger partial charge is 0.497 e. The Balaban J connectivity index is 1.53. The molecule has 1 heterocycles. The van der Waals surface area contributed by atoms with Gasteiger partial charge in [-0.05, 0) is 37.3 Å². The average Bonchev–Trinajstić information content (AvgIpc) is 3.15. The molecule has 0 aliphatic carbocycles. The lowest BCUT2D eigenvalue weighted by Crippen LogP contribution is -2.29. The van der Waals surface area contributed by atoms with Crippen molar-refractivity contribution < 1.29 is 23.5 Å². The Kier molecular flexibility index (Phi) is 6.16. The second kappa shape index (κ2) is 8.94. The lowest BCUT2D eigenvalue weighted by Gasteiger charge is -2.10. The van der Waals surface area contributed by atoms with Gasteiger partial charge in [0.1, 0.15) is 22.8 Å². The summed E-state index contributed by atoms with van der Waals surface area (Å²) in [6.45, 7) is 1.63. The molecule has 3 aromatic rings. The number of fused-ring (bicyclic) bond motifs is 1. The zero-order valence-electron chi connectivity index (χ0n) is 16.0. The Morgan fingerprint density at radius 2 is 2.00 bits per heavy atom. The van der Waals surface area contributed by atoms with Gasteiger partial charge in [0.15, 0.2) is 6.61 Å². The van der Waals surface area contributed by atoms with Crippen LogP contribution in [-0.4, -0.2) is 32.9 Å². The molecule has 1 N–H and O–H groups in total. The molecule has 146 valence electrons. The maximum Gasteiger partial charge on any atom is 0.261 e. The molecule has 1 amide bonds. The highest BCUT2D eigenvalue weighted by molar-refractivity contribution is 5.84. The van der Waals surface area contributed by atoms with Gasteiger partial charge < -0.3 is 24.0 Å². The number of amides is 1. The van der Waals surface area contributed by atoms with Crippen LogP contribution < -0.4 is 14.8 Å². The summed E-state index contributed by atoms with van der Waals surface area (Å²) in [5.41, 5.74) is 1.46. The third-order valence-electron chi connectivity index (χ3n) is 4.15. The number of methoxy groups -OCH3 is 2. The SMILES string of the molecule is COc1ccc(OC)c(/C=N/OCC(=O)NC(C)c2cc3ccccc3o2)c1. The lowest BCUT2D eigenvalue weighted by atomic mass is 10.2. The molecule has 7 nitrogen and oxygen atoms in total. The van der Waals surface area contributed by atoms with Crippen molar-refractivity contribution in [3.8, 4) is 11.5 Å². The summed E-state index contributed by atoms with van der Waals surface area (Å²) in [5.74, 6) is 1.66. The fourth-order valence-electron chi connectivity index (χ4n) is 2.70. The number of oxime groups is 1. The number of carbonyl (C=O) groups is 1. The quantitative estimate of drug-likeness (QED) is 0.475. The molecule has 1 aromatic heterocycles. The zero-order chi connectivity index (χ0) is 19.9. The molecular weight excluding hydrogens is 360 g/mol. The third-order valence-corrected chi connectivity index (χ3v) is 4.15. The highest BCUT2D eigenvalue weighted by Crippen LogP contribution is 2.24. The molecular formula is C21H22N2O5. The number of nitrogens with one attached hydrogen (secondary N) is 1. The van der Waals surface area contributed by atoms with Crippen molar-refractivity contribution in [1.29, 1.82) is 0 Å². The van der Waals surface area contributed by atoms with Gasteiger partial charge in [-0.2, -0.15) is 0 Å². The molecule has 1 atom stereocenters. The summed E-state index contributed by atoms with van der Waals surface area (Å²) in [7, 11) is 3.14. The first kappa shape index (κ1) is 19.3.